The third-order valence-corrected chi connectivity index (χ3v) is 3.26. The first-order valence-electron chi connectivity index (χ1n) is 7.44. The second-order valence-corrected chi connectivity index (χ2v) is 6.79. The molecule has 0 spiro atoms. The Labute approximate surface area is 131 Å². The van der Waals surface area contributed by atoms with Crippen LogP contribution >= 0.6 is 0 Å². The molecule has 1 fully saturated rings. The third-order valence-electron chi connectivity index (χ3n) is 3.26. The molecule has 5 nitrogen and oxygen atoms in total. The van der Waals surface area contributed by atoms with Gasteiger partial charge in [-0.3, -0.25) is 9.89 Å². The number of aliphatic imine (C=N–C) groups is 1. The van der Waals surface area contributed by atoms with E-state index in [0.29, 0.717) is 6.61 Å². The van der Waals surface area contributed by atoms with Crippen molar-refractivity contribution in [2.24, 2.45) is 4.99 Å². The fourth-order valence-electron chi connectivity index (χ4n) is 2.29. The smallest absolute Gasteiger partial charge is 0.413 e. The van der Waals surface area contributed by atoms with Crippen molar-refractivity contribution in [3.05, 3.63) is 30.3 Å². The summed E-state index contributed by atoms with van der Waals surface area (Å²) in [5, 5.41) is 0. The zero-order chi connectivity index (χ0) is 16.4. The molecule has 0 N–H and O–H groups in total. The highest BCUT2D eigenvalue weighted by Crippen LogP contribution is 2.29. The minimum atomic E-state index is -0.713. The molecule has 1 amide bonds. The number of rotatable bonds is 2. The zero-order valence-electron chi connectivity index (χ0n) is 13.9. The molecule has 120 valence electrons. The van der Waals surface area contributed by atoms with Crippen LogP contribution < -0.4 is 0 Å². The number of carbonyl (C=O) groups excluding carboxylic acids is 1. The van der Waals surface area contributed by atoms with Crippen molar-refractivity contribution >= 4 is 18.0 Å². The van der Waals surface area contributed by atoms with Gasteiger partial charge in [0.05, 0.1) is 18.3 Å². The van der Waals surface area contributed by atoms with Crippen LogP contribution in [0, 0.1) is 0 Å². The molecule has 0 radical (unpaired) electrons. The Hall–Kier alpha value is -1.88. The van der Waals surface area contributed by atoms with Gasteiger partial charge in [-0.2, -0.15) is 0 Å². The first-order valence-corrected chi connectivity index (χ1v) is 7.44. The van der Waals surface area contributed by atoms with Gasteiger partial charge in [0.2, 0.25) is 0 Å². The van der Waals surface area contributed by atoms with E-state index in [9.17, 15) is 4.79 Å². The Balaban J connectivity index is 2.16. The fourth-order valence-corrected chi connectivity index (χ4v) is 2.29. The van der Waals surface area contributed by atoms with Crippen LogP contribution in [-0.2, 0) is 9.47 Å². The van der Waals surface area contributed by atoms with Gasteiger partial charge in [0.1, 0.15) is 11.3 Å². The van der Waals surface area contributed by atoms with Crippen LogP contribution in [0.5, 0.6) is 0 Å². The maximum atomic E-state index is 12.5. The Kier molecular flexibility index (Phi) is 4.56. The van der Waals surface area contributed by atoms with E-state index in [2.05, 4.69) is 4.99 Å². The van der Waals surface area contributed by atoms with Crippen molar-refractivity contribution in [3.8, 4) is 0 Å². The molecule has 5 heteroatoms. The maximum Gasteiger partial charge on any atom is 0.413 e. The van der Waals surface area contributed by atoms with E-state index in [4.69, 9.17) is 9.47 Å². The van der Waals surface area contributed by atoms with Crippen molar-refractivity contribution in [2.45, 2.75) is 52.0 Å². The summed E-state index contributed by atoms with van der Waals surface area (Å²) in [4.78, 5) is 18.5. The summed E-state index contributed by atoms with van der Waals surface area (Å²) in [7, 11) is 0. The topological polar surface area (TPSA) is 51.1 Å². The molecule has 0 saturated carbocycles. The van der Waals surface area contributed by atoms with Crippen LogP contribution in [-0.4, -0.2) is 41.2 Å². The normalized spacial score (nSPS) is 21.3. The molecule has 0 aromatic heterocycles. The van der Waals surface area contributed by atoms with Gasteiger partial charge in [-0.05, 0) is 46.8 Å². The van der Waals surface area contributed by atoms with Crippen molar-refractivity contribution in [1.82, 2.24) is 4.90 Å². The first kappa shape index (κ1) is 16.5. The van der Waals surface area contributed by atoms with Crippen LogP contribution in [0.1, 0.15) is 34.6 Å². The van der Waals surface area contributed by atoms with E-state index < -0.39 is 11.3 Å². The lowest BCUT2D eigenvalue weighted by atomic mass is 10.2. The summed E-state index contributed by atoms with van der Waals surface area (Å²) in [5.74, 6) is 0. The standard InChI is InChI=1S/C17H24N2O3/c1-16(2,3)22-15(20)19-14(12-21-17(19,4)5)11-18-13-9-7-6-8-10-13/h6-11,14H,12H2,1-5H3/t14-/m1/s1. The molecule has 0 unspecified atom stereocenters. The number of hydrogen-bond acceptors (Lipinski definition) is 4. The molecule has 1 saturated heterocycles. The first-order chi connectivity index (χ1) is 10.2. The van der Waals surface area contributed by atoms with Gasteiger partial charge in [-0.25, -0.2) is 4.79 Å². The lowest BCUT2D eigenvalue weighted by Crippen LogP contribution is -2.50. The minimum Gasteiger partial charge on any atom is -0.444 e. The quantitative estimate of drug-likeness (QED) is 0.782. The third kappa shape index (κ3) is 4.07. The largest absolute Gasteiger partial charge is 0.444 e. The number of para-hydroxylation sites is 1. The lowest BCUT2D eigenvalue weighted by molar-refractivity contribution is -0.0604. The Morgan fingerprint density at radius 2 is 2.00 bits per heavy atom. The van der Waals surface area contributed by atoms with E-state index in [-0.39, 0.29) is 12.1 Å². The number of amides is 1. The van der Waals surface area contributed by atoms with Gasteiger partial charge in [0.25, 0.3) is 0 Å². The molecule has 1 atom stereocenters. The Morgan fingerprint density at radius 3 is 2.59 bits per heavy atom. The average Bonchev–Trinajstić information content (AvgIpc) is 2.71. The molecule has 1 heterocycles. The SMILES string of the molecule is CC(C)(C)OC(=O)N1[C@H](C=Nc2ccccc2)COC1(C)C. The highest BCUT2D eigenvalue weighted by Gasteiger charge is 2.45. The van der Waals surface area contributed by atoms with Gasteiger partial charge in [0.15, 0.2) is 0 Å². The van der Waals surface area contributed by atoms with Gasteiger partial charge < -0.3 is 9.47 Å². The molecule has 0 bridgehead atoms. The number of hydrogen-bond donors (Lipinski definition) is 0. The summed E-state index contributed by atoms with van der Waals surface area (Å²) < 4.78 is 11.2. The van der Waals surface area contributed by atoms with Gasteiger partial charge in [0, 0.05) is 6.21 Å². The van der Waals surface area contributed by atoms with E-state index in [1.165, 1.54) is 0 Å². The summed E-state index contributed by atoms with van der Waals surface area (Å²) in [6, 6.07) is 9.36. The summed E-state index contributed by atoms with van der Waals surface area (Å²) >= 11 is 0. The Bertz CT molecular complexity index is 547. The molecular formula is C17H24N2O3. The van der Waals surface area contributed by atoms with Crippen molar-refractivity contribution in [3.63, 3.8) is 0 Å². The van der Waals surface area contributed by atoms with Crippen LogP contribution in [0.25, 0.3) is 0 Å². The van der Waals surface area contributed by atoms with E-state index in [1.807, 2.05) is 65.0 Å². The van der Waals surface area contributed by atoms with Gasteiger partial charge >= 0.3 is 6.09 Å². The number of ether oxygens (including phenoxy) is 2. The molecule has 0 aliphatic carbocycles. The highest BCUT2D eigenvalue weighted by atomic mass is 16.6. The van der Waals surface area contributed by atoms with Crippen molar-refractivity contribution < 1.29 is 14.3 Å². The number of carbonyl (C=O) groups is 1. The molecular weight excluding hydrogens is 280 g/mol. The summed E-state index contributed by atoms with van der Waals surface area (Å²) in [6.07, 6.45) is 1.35. The number of benzene rings is 1. The maximum absolute atomic E-state index is 12.5. The van der Waals surface area contributed by atoms with Crippen molar-refractivity contribution in [2.75, 3.05) is 6.61 Å². The van der Waals surface area contributed by atoms with Crippen LogP contribution in [0.4, 0.5) is 10.5 Å². The molecule has 1 aromatic rings. The van der Waals surface area contributed by atoms with Crippen molar-refractivity contribution in [1.29, 1.82) is 0 Å². The lowest BCUT2D eigenvalue weighted by Gasteiger charge is -2.34. The average molecular weight is 304 g/mol. The minimum absolute atomic E-state index is 0.245. The fraction of sp³-hybridized carbons (Fsp3) is 0.529. The summed E-state index contributed by atoms with van der Waals surface area (Å²) in [6.45, 7) is 9.66. The molecule has 22 heavy (non-hydrogen) atoms. The van der Waals surface area contributed by atoms with Crippen LogP contribution in [0.15, 0.2) is 35.3 Å². The molecule has 1 aromatic carbocycles. The van der Waals surface area contributed by atoms with E-state index >= 15 is 0 Å². The predicted molar refractivity (Wildman–Crippen MR) is 86.5 cm³/mol. The second-order valence-electron chi connectivity index (χ2n) is 6.79. The van der Waals surface area contributed by atoms with E-state index in [0.717, 1.165) is 5.69 Å². The van der Waals surface area contributed by atoms with Gasteiger partial charge in [-0.1, -0.05) is 18.2 Å². The van der Waals surface area contributed by atoms with E-state index in [1.54, 1.807) is 11.1 Å². The molecule has 1 aliphatic rings. The van der Waals surface area contributed by atoms with Crippen LogP contribution in [0.2, 0.25) is 0 Å². The predicted octanol–water partition coefficient (Wildman–Crippen LogP) is 3.76. The Morgan fingerprint density at radius 1 is 1.36 bits per heavy atom. The number of nitrogens with zero attached hydrogens (tertiary/aromatic N) is 2. The van der Waals surface area contributed by atoms with Crippen LogP contribution in [0.3, 0.4) is 0 Å². The highest BCUT2D eigenvalue weighted by molar-refractivity contribution is 5.78. The molecule has 2 rings (SSSR count). The monoisotopic (exact) mass is 304 g/mol. The zero-order valence-corrected chi connectivity index (χ0v) is 13.9. The molecule has 1 aliphatic heterocycles. The van der Waals surface area contributed by atoms with Gasteiger partial charge in [-0.15, -0.1) is 0 Å². The second kappa shape index (κ2) is 6.08. The summed E-state index contributed by atoms with van der Waals surface area (Å²) in [5.41, 5.74) is -0.414.